The average Bonchev–Trinajstić information content (AvgIpc) is 1.82. The highest BCUT2D eigenvalue weighted by atomic mass is 19.4. The molecular formula is C6H9F3N2O2. The summed E-state index contributed by atoms with van der Waals surface area (Å²) in [6.07, 6.45) is -5.24. The van der Waals surface area contributed by atoms with E-state index in [4.69, 9.17) is 5.73 Å². The predicted molar refractivity (Wildman–Crippen MR) is 37.5 cm³/mol. The Kier molecular flexibility index (Phi) is 3.70. The number of nitrogens with one attached hydrogen (secondary N) is 1. The van der Waals surface area contributed by atoms with Crippen molar-refractivity contribution < 1.29 is 22.8 Å². The van der Waals surface area contributed by atoms with Gasteiger partial charge in [0.25, 0.3) is 0 Å². The lowest BCUT2D eigenvalue weighted by Crippen LogP contribution is -2.43. The van der Waals surface area contributed by atoms with E-state index in [1.165, 1.54) is 6.92 Å². The first-order valence-electron chi connectivity index (χ1n) is 3.39. The van der Waals surface area contributed by atoms with Crippen molar-refractivity contribution >= 4 is 11.8 Å². The zero-order chi connectivity index (χ0) is 10.6. The predicted octanol–water partition coefficient (Wildman–Crippen LogP) is -0.0712. The lowest BCUT2D eigenvalue weighted by atomic mass is 10.2. The summed E-state index contributed by atoms with van der Waals surface area (Å²) in [7, 11) is 0. The number of nitrogens with two attached hydrogens (primary N) is 1. The lowest BCUT2D eigenvalue weighted by molar-refractivity contribution is -0.174. The summed E-state index contributed by atoms with van der Waals surface area (Å²) in [5, 5.41) is 1.59. The van der Waals surface area contributed by atoms with Crippen LogP contribution in [0.3, 0.4) is 0 Å². The Morgan fingerprint density at radius 1 is 1.46 bits per heavy atom. The quantitative estimate of drug-likeness (QED) is 0.666. The minimum absolute atomic E-state index is 0.318. The molecule has 0 aliphatic carbocycles. The Hall–Kier alpha value is -1.27. The zero-order valence-electron chi connectivity index (χ0n) is 6.81. The van der Waals surface area contributed by atoms with Gasteiger partial charge in [-0.3, -0.25) is 9.59 Å². The largest absolute Gasteiger partial charge is 0.471 e. The van der Waals surface area contributed by atoms with Gasteiger partial charge in [-0.2, -0.15) is 13.2 Å². The molecule has 0 aliphatic heterocycles. The van der Waals surface area contributed by atoms with Gasteiger partial charge in [-0.15, -0.1) is 0 Å². The van der Waals surface area contributed by atoms with Gasteiger partial charge in [-0.05, 0) is 6.92 Å². The molecule has 0 aromatic rings. The topological polar surface area (TPSA) is 72.2 Å². The van der Waals surface area contributed by atoms with Gasteiger partial charge in [0.2, 0.25) is 5.91 Å². The van der Waals surface area contributed by atoms with Gasteiger partial charge in [0.05, 0.1) is 0 Å². The fourth-order valence-electron chi connectivity index (χ4n) is 0.658. The van der Waals surface area contributed by atoms with Gasteiger partial charge < -0.3 is 11.1 Å². The third-order valence-electron chi connectivity index (χ3n) is 1.14. The maximum absolute atomic E-state index is 11.6. The molecule has 0 saturated carbocycles. The van der Waals surface area contributed by atoms with Crippen LogP contribution in [0.5, 0.6) is 0 Å². The van der Waals surface area contributed by atoms with Gasteiger partial charge >= 0.3 is 12.1 Å². The molecule has 2 amide bonds. The zero-order valence-corrected chi connectivity index (χ0v) is 6.81. The van der Waals surface area contributed by atoms with Crippen molar-refractivity contribution in [1.82, 2.24) is 5.32 Å². The summed E-state index contributed by atoms with van der Waals surface area (Å²) < 4.78 is 34.9. The van der Waals surface area contributed by atoms with Gasteiger partial charge in [0.1, 0.15) is 0 Å². The van der Waals surface area contributed by atoms with E-state index in [1.54, 1.807) is 5.32 Å². The number of carbonyl (C=O) groups is 2. The summed E-state index contributed by atoms with van der Waals surface area (Å²) in [5.41, 5.74) is 4.71. The number of halogens is 3. The summed E-state index contributed by atoms with van der Waals surface area (Å²) in [4.78, 5) is 20.5. The molecule has 0 aliphatic rings. The van der Waals surface area contributed by atoms with Crippen LogP contribution in [0.1, 0.15) is 13.3 Å². The molecule has 0 heterocycles. The van der Waals surface area contributed by atoms with E-state index in [-0.39, 0.29) is 6.42 Å². The molecule has 1 unspecified atom stereocenters. The number of amides is 2. The minimum Gasteiger partial charge on any atom is -0.370 e. The summed E-state index contributed by atoms with van der Waals surface area (Å²) in [6, 6.07) is -0.911. The third-order valence-corrected chi connectivity index (χ3v) is 1.14. The highest BCUT2D eigenvalue weighted by Crippen LogP contribution is 2.14. The second kappa shape index (κ2) is 4.11. The normalized spacial score (nSPS) is 13.5. The molecule has 1 atom stereocenters. The standard InChI is InChI=1S/C6H9F3N2O2/c1-3(2-4(10)12)11-5(13)6(7,8)9/h3H,2H2,1H3,(H2,10,12)(H,11,13). The maximum atomic E-state index is 11.6. The molecule has 0 fully saturated rings. The van der Waals surface area contributed by atoms with E-state index in [0.717, 1.165) is 0 Å². The molecule has 4 nitrogen and oxygen atoms in total. The van der Waals surface area contributed by atoms with Crippen LogP contribution in [0.25, 0.3) is 0 Å². The first-order chi connectivity index (χ1) is 5.73. The Morgan fingerprint density at radius 2 is 1.92 bits per heavy atom. The molecule has 0 radical (unpaired) electrons. The number of primary amides is 1. The molecule has 0 bridgehead atoms. The van der Waals surface area contributed by atoms with Crippen LogP contribution in [0.2, 0.25) is 0 Å². The Bertz CT molecular complexity index is 214. The number of hydrogen-bond donors (Lipinski definition) is 2. The van der Waals surface area contributed by atoms with E-state index < -0.39 is 24.0 Å². The lowest BCUT2D eigenvalue weighted by Gasteiger charge is -2.13. The second-order valence-corrected chi connectivity index (χ2v) is 2.54. The number of alkyl halides is 3. The molecule has 76 valence electrons. The first-order valence-corrected chi connectivity index (χ1v) is 3.39. The fourth-order valence-corrected chi connectivity index (χ4v) is 0.658. The van der Waals surface area contributed by atoms with Gasteiger partial charge in [0.15, 0.2) is 0 Å². The highest BCUT2D eigenvalue weighted by Gasteiger charge is 2.39. The maximum Gasteiger partial charge on any atom is 0.471 e. The SMILES string of the molecule is CC(CC(N)=O)NC(=O)C(F)(F)F. The molecule has 0 aromatic carbocycles. The monoisotopic (exact) mass is 198 g/mol. The molecule has 0 rings (SSSR count). The van der Waals surface area contributed by atoms with Gasteiger partial charge in [0, 0.05) is 12.5 Å². The Morgan fingerprint density at radius 3 is 2.23 bits per heavy atom. The highest BCUT2D eigenvalue weighted by molar-refractivity contribution is 5.83. The van der Waals surface area contributed by atoms with Crippen molar-refractivity contribution in [1.29, 1.82) is 0 Å². The van der Waals surface area contributed by atoms with Crippen molar-refractivity contribution in [3.8, 4) is 0 Å². The number of carbonyl (C=O) groups excluding carboxylic acids is 2. The third kappa shape index (κ3) is 5.05. The van der Waals surface area contributed by atoms with E-state index in [0.29, 0.717) is 0 Å². The first kappa shape index (κ1) is 11.7. The van der Waals surface area contributed by atoms with Crippen LogP contribution >= 0.6 is 0 Å². The molecule has 3 N–H and O–H groups in total. The van der Waals surface area contributed by atoms with E-state index >= 15 is 0 Å². The van der Waals surface area contributed by atoms with Gasteiger partial charge in [-0.25, -0.2) is 0 Å². The van der Waals surface area contributed by atoms with Crippen LogP contribution in [0, 0.1) is 0 Å². The fraction of sp³-hybridized carbons (Fsp3) is 0.667. The summed E-state index contributed by atoms with van der Waals surface area (Å²) in [5.74, 6) is -2.84. The Balaban J connectivity index is 4.00. The van der Waals surface area contributed by atoms with Crippen LogP contribution in [0.4, 0.5) is 13.2 Å². The smallest absolute Gasteiger partial charge is 0.370 e. The Labute approximate surface area is 72.3 Å². The van der Waals surface area contributed by atoms with Crippen LogP contribution < -0.4 is 11.1 Å². The van der Waals surface area contributed by atoms with Gasteiger partial charge in [-0.1, -0.05) is 0 Å². The van der Waals surface area contributed by atoms with E-state index in [9.17, 15) is 22.8 Å². The van der Waals surface area contributed by atoms with Crippen LogP contribution in [-0.2, 0) is 9.59 Å². The van der Waals surface area contributed by atoms with Crippen molar-refractivity contribution in [2.24, 2.45) is 5.73 Å². The molecule has 0 saturated heterocycles. The van der Waals surface area contributed by atoms with Crippen LogP contribution in [0.15, 0.2) is 0 Å². The molecule has 7 heteroatoms. The molecule has 0 aromatic heterocycles. The average molecular weight is 198 g/mol. The van der Waals surface area contributed by atoms with Crippen molar-refractivity contribution in [3.05, 3.63) is 0 Å². The minimum atomic E-state index is -4.92. The second-order valence-electron chi connectivity index (χ2n) is 2.54. The summed E-state index contributed by atoms with van der Waals surface area (Å²) >= 11 is 0. The number of rotatable bonds is 3. The van der Waals surface area contributed by atoms with Crippen molar-refractivity contribution in [2.45, 2.75) is 25.6 Å². The van der Waals surface area contributed by atoms with Crippen molar-refractivity contribution in [3.63, 3.8) is 0 Å². The van der Waals surface area contributed by atoms with Crippen LogP contribution in [-0.4, -0.2) is 24.0 Å². The molecule has 0 spiro atoms. The molecular weight excluding hydrogens is 189 g/mol. The van der Waals surface area contributed by atoms with E-state index in [2.05, 4.69) is 0 Å². The van der Waals surface area contributed by atoms with Crippen molar-refractivity contribution in [2.75, 3.05) is 0 Å². The molecule has 13 heavy (non-hydrogen) atoms. The number of hydrogen-bond acceptors (Lipinski definition) is 2. The summed E-state index contributed by atoms with van der Waals surface area (Å²) in [6.45, 7) is 1.26. The van der Waals surface area contributed by atoms with E-state index in [1.807, 2.05) is 0 Å².